The summed E-state index contributed by atoms with van der Waals surface area (Å²) < 4.78 is 32.5. The van der Waals surface area contributed by atoms with Crippen molar-refractivity contribution in [2.75, 3.05) is 0 Å². The van der Waals surface area contributed by atoms with Crippen molar-refractivity contribution < 1.29 is 18.0 Å². The zero-order valence-corrected chi connectivity index (χ0v) is 8.67. The molecule has 0 saturated heterocycles. The van der Waals surface area contributed by atoms with Gasteiger partial charge in [0.15, 0.2) is 0 Å². The van der Waals surface area contributed by atoms with Crippen LogP contribution in [0.25, 0.3) is 11.0 Å². The number of benzene rings is 1. The molecule has 0 spiro atoms. The van der Waals surface area contributed by atoms with Crippen molar-refractivity contribution in [3.8, 4) is 0 Å². The van der Waals surface area contributed by atoms with Crippen LogP contribution in [0.2, 0.25) is 0 Å². The van der Waals surface area contributed by atoms with Crippen LogP contribution >= 0.6 is 0 Å². The van der Waals surface area contributed by atoms with E-state index in [0.717, 1.165) is 6.07 Å². The lowest BCUT2D eigenvalue weighted by molar-refractivity contribution is -0.108. The first-order valence-electron chi connectivity index (χ1n) is 4.94. The molecule has 0 aliphatic carbocycles. The van der Waals surface area contributed by atoms with E-state index >= 15 is 0 Å². The minimum atomic E-state index is -0.672. The molecule has 0 aliphatic heterocycles. The van der Waals surface area contributed by atoms with Crippen molar-refractivity contribution in [2.24, 2.45) is 0 Å². The Hall–Kier alpha value is -1.71. The van der Waals surface area contributed by atoms with E-state index in [-0.39, 0.29) is 23.0 Å². The summed E-state index contributed by atoms with van der Waals surface area (Å²) in [5, 5.41) is 0.245. The summed E-state index contributed by atoms with van der Waals surface area (Å²) in [4.78, 5) is 10.4. The number of aldehydes is 1. The molecule has 0 radical (unpaired) electrons. The first-order valence-corrected chi connectivity index (χ1v) is 4.94. The first kappa shape index (κ1) is 10.8. The summed E-state index contributed by atoms with van der Waals surface area (Å²) in [7, 11) is 0. The van der Waals surface area contributed by atoms with Crippen molar-refractivity contribution >= 4 is 17.3 Å². The molecular weight excluding hydrogens is 214 g/mol. The molecule has 2 nitrogen and oxygen atoms in total. The van der Waals surface area contributed by atoms with Crippen molar-refractivity contribution in [2.45, 2.75) is 19.3 Å². The fourth-order valence-electron chi connectivity index (χ4n) is 1.77. The number of furan rings is 1. The molecule has 0 N–H and O–H groups in total. The van der Waals surface area contributed by atoms with Crippen molar-refractivity contribution in [1.29, 1.82) is 0 Å². The molecule has 1 atom stereocenters. The maximum Gasteiger partial charge on any atom is 0.140 e. The number of carbonyl (C=O) groups excluding carboxylic acids is 1. The van der Waals surface area contributed by atoms with Gasteiger partial charge in [-0.1, -0.05) is 6.92 Å². The van der Waals surface area contributed by atoms with Gasteiger partial charge in [0.1, 0.15) is 23.5 Å². The van der Waals surface area contributed by atoms with Crippen LogP contribution in [-0.4, -0.2) is 6.29 Å². The Kier molecular flexibility index (Phi) is 2.73. The normalized spacial score (nSPS) is 12.9. The average Bonchev–Trinajstić information content (AvgIpc) is 2.66. The minimum absolute atomic E-state index is 0.0546. The second-order valence-electron chi connectivity index (χ2n) is 3.72. The van der Waals surface area contributed by atoms with Gasteiger partial charge in [-0.3, -0.25) is 0 Å². The Morgan fingerprint density at radius 3 is 2.94 bits per heavy atom. The second kappa shape index (κ2) is 4.04. The second-order valence-corrected chi connectivity index (χ2v) is 3.72. The maximum absolute atomic E-state index is 13.9. The first-order chi connectivity index (χ1) is 7.65. The van der Waals surface area contributed by atoms with Crippen LogP contribution in [0.4, 0.5) is 8.78 Å². The summed E-state index contributed by atoms with van der Waals surface area (Å²) >= 11 is 0. The van der Waals surface area contributed by atoms with Crippen molar-refractivity contribution in [3.05, 3.63) is 35.6 Å². The van der Waals surface area contributed by atoms with Gasteiger partial charge in [-0.15, -0.1) is 0 Å². The number of rotatable bonds is 3. The number of halogens is 2. The highest BCUT2D eigenvalue weighted by Crippen LogP contribution is 2.30. The van der Waals surface area contributed by atoms with Crippen LogP contribution in [0.5, 0.6) is 0 Å². The molecule has 84 valence electrons. The van der Waals surface area contributed by atoms with Gasteiger partial charge in [0.2, 0.25) is 0 Å². The predicted octanol–water partition coefficient (Wildman–Crippen LogP) is 3.40. The van der Waals surface area contributed by atoms with Crippen molar-refractivity contribution in [3.63, 3.8) is 0 Å². The molecule has 2 rings (SSSR count). The van der Waals surface area contributed by atoms with Crippen LogP contribution in [0.3, 0.4) is 0 Å². The fraction of sp³-hybridized carbons (Fsp3) is 0.250. The van der Waals surface area contributed by atoms with Crippen LogP contribution < -0.4 is 0 Å². The number of hydrogen-bond acceptors (Lipinski definition) is 2. The molecule has 0 aliphatic rings. The molecule has 0 amide bonds. The summed E-state index contributed by atoms with van der Waals surface area (Å²) in [5.74, 6) is -1.79. The number of fused-ring (bicyclic) bond motifs is 1. The third-order valence-electron chi connectivity index (χ3n) is 2.63. The maximum atomic E-state index is 13.9. The lowest BCUT2D eigenvalue weighted by atomic mass is 9.96. The van der Waals surface area contributed by atoms with E-state index in [0.29, 0.717) is 6.29 Å². The molecule has 1 heterocycles. The zero-order valence-electron chi connectivity index (χ0n) is 8.67. The molecule has 16 heavy (non-hydrogen) atoms. The molecule has 4 heteroatoms. The Labute approximate surface area is 90.9 Å². The lowest BCUT2D eigenvalue weighted by Gasteiger charge is -2.11. The molecule has 0 saturated carbocycles. The van der Waals surface area contributed by atoms with E-state index in [1.165, 1.54) is 12.3 Å². The lowest BCUT2D eigenvalue weighted by Crippen LogP contribution is -2.02. The highest BCUT2D eigenvalue weighted by Gasteiger charge is 2.20. The molecule has 1 aromatic heterocycles. The topological polar surface area (TPSA) is 30.2 Å². The predicted molar refractivity (Wildman–Crippen MR) is 55.2 cm³/mol. The molecule has 2 aromatic rings. The third-order valence-corrected chi connectivity index (χ3v) is 2.63. The molecule has 0 fully saturated rings. The van der Waals surface area contributed by atoms with E-state index in [1.54, 1.807) is 6.92 Å². The van der Waals surface area contributed by atoms with E-state index in [2.05, 4.69) is 0 Å². The Bertz CT molecular complexity index is 531. The van der Waals surface area contributed by atoms with Crippen LogP contribution in [-0.2, 0) is 4.79 Å². The monoisotopic (exact) mass is 224 g/mol. The fourth-order valence-corrected chi connectivity index (χ4v) is 1.77. The Morgan fingerprint density at radius 1 is 1.50 bits per heavy atom. The summed E-state index contributed by atoms with van der Waals surface area (Å²) in [6.45, 7) is 1.61. The highest BCUT2D eigenvalue weighted by atomic mass is 19.1. The molecule has 1 unspecified atom stereocenters. The average molecular weight is 224 g/mol. The minimum Gasteiger partial charge on any atom is -0.464 e. The summed E-state index contributed by atoms with van der Waals surface area (Å²) in [6, 6.07) is 2.59. The van der Waals surface area contributed by atoms with Gasteiger partial charge < -0.3 is 9.21 Å². The summed E-state index contributed by atoms with van der Waals surface area (Å²) in [6.07, 6.45) is 2.06. The third kappa shape index (κ3) is 1.60. The highest BCUT2D eigenvalue weighted by molar-refractivity contribution is 5.79. The van der Waals surface area contributed by atoms with E-state index in [4.69, 9.17) is 4.42 Å². The van der Waals surface area contributed by atoms with Gasteiger partial charge >= 0.3 is 0 Å². The summed E-state index contributed by atoms with van der Waals surface area (Å²) in [5.41, 5.74) is 0.123. The molecule has 1 aromatic carbocycles. The standard InChI is InChI=1S/C12H10F2O2/c1-7(2-4-15)11-9(13)6-10-8(12(11)14)3-5-16-10/h3-7H,2H2,1H3. The smallest absolute Gasteiger partial charge is 0.140 e. The van der Waals surface area contributed by atoms with Gasteiger partial charge in [-0.05, 0) is 12.0 Å². The van der Waals surface area contributed by atoms with Gasteiger partial charge in [0, 0.05) is 18.1 Å². The molecular formula is C12H10F2O2. The van der Waals surface area contributed by atoms with E-state index < -0.39 is 17.6 Å². The van der Waals surface area contributed by atoms with Gasteiger partial charge in [-0.2, -0.15) is 0 Å². The van der Waals surface area contributed by atoms with E-state index in [9.17, 15) is 13.6 Å². The van der Waals surface area contributed by atoms with Crippen LogP contribution in [0.1, 0.15) is 24.8 Å². The van der Waals surface area contributed by atoms with E-state index in [1.807, 2.05) is 0 Å². The SMILES string of the molecule is CC(CC=O)c1c(F)cc2occc2c1F. The van der Waals surface area contributed by atoms with Gasteiger partial charge in [0.05, 0.1) is 11.6 Å². The Balaban J connectivity index is 2.63. The van der Waals surface area contributed by atoms with Crippen LogP contribution in [0.15, 0.2) is 22.8 Å². The number of carbonyl (C=O) groups is 1. The Morgan fingerprint density at radius 2 is 2.25 bits per heavy atom. The van der Waals surface area contributed by atoms with Gasteiger partial charge in [-0.25, -0.2) is 8.78 Å². The van der Waals surface area contributed by atoms with Gasteiger partial charge in [0.25, 0.3) is 0 Å². The van der Waals surface area contributed by atoms with Crippen LogP contribution in [0, 0.1) is 11.6 Å². The molecule has 0 bridgehead atoms. The largest absolute Gasteiger partial charge is 0.464 e. The van der Waals surface area contributed by atoms with Crippen molar-refractivity contribution in [1.82, 2.24) is 0 Å². The quantitative estimate of drug-likeness (QED) is 0.748. The zero-order chi connectivity index (χ0) is 11.7. The number of hydrogen-bond donors (Lipinski definition) is 0.